The van der Waals surface area contributed by atoms with Crippen molar-refractivity contribution in [1.29, 1.82) is 0 Å². The Kier molecular flexibility index (Phi) is 11.9. The zero-order valence-electron chi connectivity index (χ0n) is 19.9. The van der Waals surface area contributed by atoms with Gasteiger partial charge in [-0.05, 0) is 50.8 Å². The molecule has 7 nitrogen and oxygen atoms in total. The number of hydrogen-bond acceptors (Lipinski definition) is 5. The summed E-state index contributed by atoms with van der Waals surface area (Å²) in [5, 5.41) is 17.2. The lowest BCUT2D eigenvalue weighted by Gasteiger charge is -2.34. The van der Waals surface area contributed by atoms with E-state index in [2.05, 4.69) is 44.6 Å². The number of aliphatic hydroxyl groups is 1. The van der Waals surface area contributed by atoms with Crippen LogP contribution in [0.3, 0.4) is 0 Å². The second-order valence-corrected chi connectivity index (χ2v) is 8.36. The molecule has 1 aromatic carbocycles. The minimum atomic E-state index is -0.647. The number of aromatic nitrogens is 1. The number of pyridine rings is 1. The van der Waals surface area contributed by atoms with Crippen LogP contribution in [0, 0.1) is 6.92 Å². The van der Waals surface area contributed by atoms with E-state index in [1.807, 2.05) is 50.4 Å². The number of piperidine rings is 1. The molecule has 182 valence electrons. The minimum Gasteiger partial charge on any atom is -0.389 e. The minimum absolute atomic E-state index is 0. The van der Waals surface area contributed by atoms with E-state index in [4.69, 9.17) is 4.74 Å². The number of aliphatic hydroxyl groups excluding tert-OH is 1. The first-order valence-electron chi connectivity index (χ1n) is 11.6. The van der Waals surface area contributed by atoms with E-state index < -0.39 is 6.10 Å². The van der Waals surface area contributed by atoms with Crippen LogP contribution < -0.4 is 15.5 Å². The summed E-state index contributed by atoms with van der Waals surface area (Å²) in [6.45, 7) is 9.34. The maximum absolute atomic E-state index is 10.3. The molecule has 1 saturated heterocycles. The zero-order chi connectivity index (χ0) is 22.8. The highest BCUT2D eigenvalue weighted by Crippen LogP contribution is 2.18. The normalized spacial score (nSPS) is 16.6. The Morgan fingerprint density at radius 1 is 1.21 bits per heavy atom. The fraction of sp³-hybridized carbons (Fsp3) is 0.520. The van der Waals surface area contributed by atoms with E-state index in [1.165, 1.54) is 5.56 Å². The summed E-state index contributed by atoms with van der Waals surface area (Å²) in [7, 11) is 0. The molecule has 33 heavy (non-hydrogen) atoms. The van der Waals surface area contributed by atoms with Gasteiger partial charge in [0.25, 0.3) is 0 Å². The Balaban J connectivity index is 0.00000385. The molecule has 0 aliphatic carbocycles. The van der Waals surface area contributed by atoms with Gasteiger partial charge in [0, 0.05) is 31.9 Å². The molecule has 1 aliphatic heterocycles. The summed E-state index contributed by atoms with van der Waals surface area (Å²) in [6.07, 6.45) is 3.24. The SMILES string of the molecule is CCNC(=NCC(O)COC(C)c1ccccc1)NC1CCN(c2ccc(C)cn2)CC1.I. The second-order valence-electron chi connectivity index (χ2n) is 8.36. The third kappa shape index (κ3) is 9.10. The van der Waals surface area contributed by atoms with Gasteiger partial charge in [-0.25, -0.2) is 4.98 Å². The fourth-order valence-corrected chi connectivity index (χ4v) is 3.74. The molecule has 2 heterocycles. The van der Waals surface area contributed by atoms with E-state index in [9.17, 15) is 5.11 Å². The number of nitrogens with zero attached hydrogens (tertiary/aromatic N) is 3. The van der Waals surface area contributed by atoms with Crippen LogP contribution in [0.1, 0.15) is 43.9 Å². The first-order valence-corrected chi connectivity index (χ1v) is 11.6. The Bertz CT molecular complexity index is 826. The van der Waals surface area contributed by atoms with Crippen molar-refractivity contribution >= 4 is 35.8 Å². The Morgan fingerprint density at radius 2 is 1.94 bits per heavy atom. The van der Waals surface area contributed by atoms with E-state index in [0.717, 1.165) is 49.8 Å². The number of guanidine groups is 1. The summed E-state index contributed by atoms with van der Waals surface area (Å²) in [6, 6.07) is 14.6. The number of aryl methyl sites for hydroxylation is 1. The van der Waals surface area contributed by atoms with Crippen LogP contribution in [0.5, 0.6) is 0 Å². The third-order valence-corrected chi connectivity index (χ3v) is 5.67. The van der Waals surface area contributed by atoms with Crippen LogP contribution in [0.15, 0.2) is 53.7 Å². The molecule has 1 fully saturated rings. The van der Waals surface area contributed by atoms with Gasteiger partial charge in [0.1, 0.15) is 5.82 Å². The number of benzene rings is 1. The lowest BCUT2D eigenvalue weighted by molar-refractivity contribution is 0.00111. The van der Waals surface area contributed by atoms with Crippen molar-refractivity contribution in [2.24, 2.45) is 4.99 Å². The van der Waals surface area contributed by atoms with Crippen molar-refractivity contribution in [2.75, 3.05) is 37.7 Å². The Hall–Kier alpha value is -1.91. The summed E-state index contributed by atoms with van der Waals surface area (Å²) in [4.78, 5) is 11.5. The van der Waals surface area contributed by atoms with Gasteiger partial charge in [-0.1, -0.05) is 36.4 Å². The average Bonchev–Trinajstić information content (AvgIpc) is 2.83. The topological polar surface area (TPSA) is 82.0 Å². The number of ether oxygens (including phenoxy) is 1. The molecule has 0 spiro atoms. The van der Waals surface area contributed by atoms with Gasteiger partial charge in [0.05, 0.1) is 25.4 Å². The first-order chi connectivity index (χ1) is 15.5. The van der Waals surface area contributed by atoms with Crippen LogP contribution in [-0.2, 0) is 4.74 Å². The van der Waals surface area contributed by atoms with Crippen molar-refractivity contribution < 1.29 is 9.84 Å². The summed E-state index contributed by atoms with van der Waals surface area (Å²) >= 11 is 0. The van der Waals surface area contributed by atoms with Gasteiger partial charge in [-0.2, -0.15) is 0 Å². The van der Waals surface area contributed by atoms with E-state index in [1.54, 1.807) is 0 Å². The molecule has 0 amide bonds. The van der Waals surface area contributed by atoms with Gasteiger partial charge in [0.2, 0.25) is 0 Å². The van der Waals surface area contributed by atoms with Crippen molar-refractivity contribution in [3.8, 4) is 0 Å². The number of hydrogen-bond donors (Lipinski definition) is 3. The first kappa shape index (κ1) is 27.3. The van der Waals surface area contributed by atoms with Crippen LogP contribution >= 0.6 is 24.0 Å². The van der Waals surface area contributed by atoms with Crippen LogP contribution in [-0.4, -0.2) is 61.0 Å². The summed E-state index contributed by atoms with van der Waals surface area (Å²) < 4.78 is 5.82. The lowest BCUT2D eigenvalue weighted by atomic mass is 10.1. The summed E-state index contributed by atoms with van der Waals surface area (Å²) in [5.74, 6) is 1.79. The molecule has 3 rings (SSSR count). The van der Waals surface area contributed by atoms with Crippen molar-refractivity contribution in [2.45, 2.75) is 51.9 Å². The second kappa shape index (κ2) is 14.4. The quantitative estimate of drug-likeness (QED) is 0.244. The molecule has 2 aromatic rings. The molecule has 0 saturated carbocycles. The molecule has 0 radical (unpaired) electrons. The molecular formula is C25H38IN5O2. The fourth-order valence-electron chi connectivity index (χ4n) is 3.74. The van der Waals surface area contributed by atoms with Gasteiger partial charge in [-0.15, -0.1) is 24.0 Å². The third-order valence-electron chi connectivity index (χ3n) is 5.67. The maximum atomic E-state index is 10.3. The molecule has 2 atom stereocenters. The van der Waals surface area contributed by atoms with E-state index in [0.29, 0.717) is 12.6 Å². The number of aliphatic imine (C=N–C) groups is 1. The molecule has 8 heteroatoms. The number of rotatable bonds is 9. The molecule has 3 N–H and O–H groups in total. The largest absolute Gasteiger partial charge is 0.389 e. The van der Waals surface area contributed by atoms with Gasteiger partial charge >= 0.3 is 0 Å². The van der Waals surface area contributed by atoms with E-state index in [-0.39, 0.29) is 36.7 Å². The van der Waals surface area contributed by atoms with E-state index >= 15 is 0 Å². The highest BCUT2D eigenvalue weighted by atomic mass is 127. The van der Waals surface area contributed by atoms with Gasteiger partial charge < -0.3 is 25.4 Å². The van der Waals surface area contributed by atoms with Crippen LogP contribution in [0.25, 0.3) is 0 Å². The number of anilines is 1. The Morgan fingerprint density at radius 3 is 2.58 bits per heavy atom. The average molecular weight is 568 g/mol. The smallest absolute Gasteiger partial charge is 0.191 e. The Labute approximate surface area is 215 Å². The monoisotopic (exact) mass is 567 g/mol. The predicted molar refractivity (Wildman–Crippen MR) is 146 cm³/mol. The highest BCUT2D eigenvalue weighted by molar-refractivity contribution is 14.0. The van der Waals surface area contributed by atoms with Crippen molar-refractivity contribution in [3.63, 3.8) is 0 Å². The number of nitrogens with one attached hydrogen (secondary N) is 2. The van der Waals surface area contributed by atoms with Gasteiger partial charge in [0.15, 0.2) is 5.96 Å². The standard InChI is InChI=1S/C25H37N5O2.HI/c1-4-26-25(28-17-23(31)18-32-20(3)21-8-6-5-7-9-21)29-22-12-14-30(15-13-22)24-11-10-19(2)16-27-24;/h5-11,16,20,22-23,31H,4,12-15,17-18H2,1-3H3,(H2,26,28,29);1H. The van der Waals surface area contributed by atoms with Crippen molar-refractivity contribution in [3.05, 3.63) is 59.8 Å². The molecule has 1 aromatic heterocycles. The highest BCUT2D eigenvalue weighted by Gasteiger charge is 2.21. The summed E-state index contributed by atoms with van der Waals surface area (Å²) in [5.41, 5.74) is 2.28. The van der Waals surface area contributed by atoms with Crippen molar-refractivity contribution in [1.82, 2.24) is 15.6 Å². The molecule has 2 unspecified atom stereocenters. The van der Waals surface area contributed by atoms with Crippen LogP contribution in [0.4, 0.5) is 5.82 Å². The number of halogens is 1. The molecular weight excluding hydrogens is 529 g/mol. The molecule has 1 aliphatic rings. The zero-order valence-corrected chi connectivity index (χ0v) is 22.2. The maximum Gasteiger partial charge on any atom is 0.191 e. The lowest BCUT2D eigenvalue weighted by Crippen LogP contribution is -2.49. The van der Waals surface area contributed by atoms with Gasteiger partial charge in [-0.3, -0.25) is 4.99 Å². The van der Waals surface area contributed by atoms with Crippen LogP contribution in [0.2, 0.25) is 0 Å². The predicted octanol–water partition coefficient (Wildman–Crippen LogP) is 3.67. The molecule has 0 bridgehead atoms.